The topological polar surface area (TPSA) is 61.9 Å². The fourth-order valence-electron chi connectivity index (χ4n) is 2.63. The lowest BCUT2D eigenvalue weighted by atomic mass is 10.1. The Labute approximate surface area is 164 Å². The Balaban J connectivity index is 1.76. The van der Waals surface area contributed by atoms with Crippen molar-refractivity contribution in [2.45, 2.75) is 26.3 Å². The van der Waals surface area contributed by atoms with Crippen LogP contribution in [0.2, 0.25) is 10.0 Å². The van der Waals surface area contributed by atoms with Crippen molar-refractivity contribution in [1.82, 2.24) is 15.1 Å². The molecule has 0 saturated carbocycles. The fourth-order valence-corrected chi connectivity index (χ4v) is 2.97. The molecule has 0 spiro atoms. The zero-order chi connectivity index (χ0) is 19.3. The largest absolute Gasteiger partial charge is 0.482 e. The predicted octanol–water partition coefficient (Wildman–Crippen LogP) is 2.43. The van der Waals surface area contributed by atoms with Crippen LogP contribution in [-0.4, -0.2) is 66.5 Å². The summed E-state index contributed by atoms with van der Waals surface area (Å²) in [4.78, 5) is 28.1. The third-order valence-corrected chi connectivity index (χ3v) is 4.40. The molecule has 1 N–H and O–H groups in total. The zero-order valence-corrected chi connectivity index (χ0v) is 16.9. The van der Waals surface area contributed by atoms with Gasteiger partial charge in [-0.3, -0.25) is 14.5 Å². The molecule has 1 saturated heterocycles. The number of hydrogen-bond acceptors (Lipinski definition) is 4. The Morgan fingerprint density at radius 3 is 2.42 bits per heavy atom. The molecule has 1 aromatic rings. The first-order valence-electron chi connectivity index (χ1n) is 8.53. The number of benzene rings is 1. The van der Waals surface area contributed by atoms with Crippen LogP contribution in [0, 0.1) is 0 Å². The molecule has 8 heteroatoms. The number of carbonyl (C=O) groups excluding carboxylic acids is 2. The number of piperazine rings is 1. The van der Waals surface area contributed by atoms with Gasteiger partial charge in [-0.15, -0.1) is 0 Å². The lowest BCUT2D eigenvalue weighted by molar-refractivity contribution is -0.135. The van der Waals surface area contributed by atoms with Crippen molar-refractivity contribution in [1.29, 1.82) is 0 Å². The molecule has 2 rings (SSSR count). The third kappa shape index (κ3) is 6.67. The Bertz CT molecular complexity index is 654. The second-order valence-electron chi connectivity index (χ2n) is 7.32. The molecule has 0 aliphatic carbocycles. The normalized spacial score (nSPS) is 15.7. The van der Waals surface area contributed by atoms with Gasteiger partial charge in [-0.2, -0.15) is 0 Å². The highest BCUT2D eigenvalue weighted by Gasteiger charge is 2.24. The molecule has 1 aliphatic rings. The number of nitrogens with zero attached hydrogens (tertiary/aromatic N) is 2. The monoisotopic (exact) mass is 401 g/mol. The number of nitrogens with one attached hydrogen (secondary N) is 1. The lowest BCUT2D eigenvalue weighted by Gasteiger charge is -2.34. The van der Waals surface area contributed by atoms with Crippen LogP contribution in [0.1, 0.15) is 20.8 Å². The Morgan fingerprint density at radius 2 is 1.81 bits per heavy atom. The summed E-state index contributed by atoms with van der Waals surface area (Å²) in [5, 5.41) is 3.86. The summed E-state index contributed by atoms with van der Waals surface area (Å²) in [6, 6.07) is 4.88. The first kappa shape index (κ1) is 20.8. The van der Waals surface area contributed by atoms with Crippen LogP contribution < -0.4 is 10.1 Å². The van der Waals surface area contributed by atoms with E-state index < -0.39 is 0 Å². The van der Waals surface area contributed by atoms with Gasteiger partial charge in [-0.25, -0.2) is 0 Å². The number of rotatable bonds is 5. The molecular weight excluding hydrogens is 377 g/mol. The van der Waals surface area contributed by atoms with E-state index in [0.717, 1.165) is 0 Å². The van der Waals surface area contributed by atoms with Gasteiger partial charge in [0.25, 0.3) is 5.91 Å². The smallest absolute Gasteiger partial charge is 0.260 e. The SMILES string of the molecule is CC(C)(C)NC(=O)CN1CCN(C(=O)COc2cc(Cl)ccc2Cl)CC1. The molecule has 1 heterocycles. The summed E-state index contributed by atoms with van der Waals surface area (Å²) in [5.41, 5.74) is -0.242. The molecule has 1 aliphatic heterocycles. The number of carbonyl (C=O) groups is 2. The molecule has 0 radical (unpaired) electrons. The Kier molecular flexibility index (Phi) is 7.15. The Hall–Kier alpha value is -1.50. The van der Waals surface area contributed by atoms with Gasteiger partial charge in [0.2, 0.25) is 5.91 Å². The van der Waals surface area contributed by atoms with E-state index in [4.69, 9.17) is 27.9 Å². The van der Waals surface area contributed by atoms with Gasteiger partial charge in [0.05, 0.1) is 11.6 Å². The Morgan fingerprint density at radius 1 is 1.15 bits per heavy atom. The number of amides is 2. The van der Waals surface area contributed by atoms with Crippen molar-refractivity contribution in [2.75, 3.05) is 39.3 Å². The second kappa shape index (κ2) is 8.93. The van der Waals surface area contributed by atoms with Crippen molar-refractivity contribution in [3.05, 3.63) is 28.2 Å². The van der Waals surface area contributed by atoms with E-state index in [2.05, 4.69) is 5.32 Å². The first-order chi connectivity index (χ1) is 12.1. The summed E-state index contributed by atoms with van der Waals surface area (Å²) in [7, 11) is 0. The van der Waals surface area contributed by atoms with Crippen molar-refractivity contribution in [3.63, 3.8) is 0 Å². The number of halogens is 2. The molecule has 0 unspecified atom stereocenters. The van der Waals surface area contributed by atoms with Crippen molar-refractivity contribution in [3.8, 4) is 5.75 Å². The molecule has 1 fully saturated rings. The zero-order valence-electron chi connectivity index (χ0n) is 15.3. The lowest BCUT2D eigenvalue weighted by Crippen LogP contribution is -2.53. The van der Waals surface area contributed by atoms with Crippen LogP contribution in [0.4, 0.5) is 0 Å². The highest BCUT2D eigenvalue weighted by atomic mass is 35.5. The molecule has 0 bridgehead atoms. The van der Waals surface area contributed by atoms with Crippen LogP contribution >= 0.6 is 23.2 Å². The van der Waals surface area contributed by atoms with E-state index in [9.17, 15) is 9.59 Å². The van der Waals surface area contributed by atoms with Crippen molar-refractivity contribution >= 4 is 35.0 Å². The predicted molar refractivity (Wildman–Crippen MR) is 103 cm³/mol. The minimum Gasteiger partial charge on any atom is -0.482 e. The maximum absolute atomic E-state index is 12.3. The molecule has 144 valence electrons. The summed E-state index contributed by atoms with van der Waals surface area (Å²) in [6.07, 6.45) is 0. The van der Waals surface area contributed by atoms with E-state index in [-0.39, 0.29) is 24.0 Å². The quantitative estimate of drug-likeness (QED) is 0.822. The highest BCUT2D eigenvalue weighted by molar-refractivity contribution is 6.34. The van der Waals surface area contributed by atoms with E-state index in [0.29, 0.717) is 48.5 Å². The first-order valence-corrected chi connectivity index (χ1v) is 9.28. The maximum Gasteiger partial charge on any atom is 0.260 e. The maximum atomic E-state index is 12.3. The fraction of sp³-hybridized carbons (Fsp3) is 0.556. The number of ether oxygens (including phenoxy) is 1. The molecule has 1 aromatic carbocycles. The van der Waals surface area contributed by atoms with Crippen LogP contribution in [0.3, 0.4) is 0 Å². The van der Waals surface area contributed by atoms with Gasteiger partial charge < -0.3 is 15.0 Å². The van der Waals surface area contributed by atoms with Crippen LogP contribution in [-0.2, 0) is 9.59 Å². The molecule has 2 amide bonds. The van der Waals surface area contributed by atoms with Crippen LogP contribution in [0.5, 0.6) is 5.75 Å². The second-order valence-corrected chi connectivity index (χ2v) is 8.16. The third-order valence-electron chi connectivity index (χ3n) is 3.85. The average Bonchev–Trinajstić information content (AvgIpc) is 2.54. The number of hydrogen-bond donors (Lipinski definition) is 1. The average molecular weight is 402 g/mol. The summed E-state index contributed by atoms with van der Waals surface area (Å²) < 4.78 is 5.49. The van der Waals surface area contributed by atoms with Gasteiger partial charge in [0.15, 0.2) is 6.61 Å². The summed E-state index contributed by atoms with van der Waals surface area (Å²) in [6.45, 7) is 8.54. The van der Waals surface area contributed by atoms with Gasteiger partial charge in [-0.05, 0) is 32.9 Å². The van der Waals surface area contributed by atoms with E-state index in [1.807, 2.05) is 25.7 Å². The molecular formula is C18H25Cl2N3O3. The van der Waals surface area contributed by atoms with E-state index in [1.165, 1.54) is 0 Å². The summed E-state index contributed by atoms with van der Waals surface area (Å²) >= 11 is 11.9. The van der Waals surface area contributed by atoms with Crippen LogP contribution in [0.15, 0.2) is 18.2 Å². The standard InChI is InChI=1S/C18H25Cl2N3O3/c1-18(2,3)21-16(24)11-22-6-8-23(9-7-22)17(25)12-26-15-10-13(19)4-5-14(15)20/h4-5,10H,6-9,11-12H2,1-3H3,(H,21,24). The minimum absolute atomic E-state index is 0.00351. The van der Waals surface area contributed by atoms with Gasteiger partial charge >= 0.3 is 0 Å². The van der Waals surface area contributed by atoms with Gasteiger partial charge in [0.1, 0.15) is 5.75 Å². The van der Waals surface area contributed by atoms with Gasteiger partial charge in [0, 0.05) is 42.8 Å². The van der Waals surface area contributed by atoms with E-state index in [1.54, 1.807) is 23.1 Å². The van der Waals surface area contributed by atoms with Crippen molar-refractivity contribution in [2.24, 2.45) is 0 Å². The molecule has 0 atom stereocenters. The molecule has 6 nitrogen and oxygen atoms in total. The van der Waals surface area contributed by atoms with Crippen LogP contribution in [0.25, 0.3) is 0 Å². The van der Waals surface area contributed by atoms with Crippen molar-refractivity contribution < 1.29 is 14.3 Å². The molecule has 0 aromatic heterocycles. The highest BCUT2D eigenvalue weighted by Crippen LogP contribution is 2.27. The molecule has 26 heavy (non-hydrogen) atoms. The van der Waals surface area contributed by atoms with Gasteiger partial charge in [-0.1, -0.05) is 23.2 Å². The summed E-state index contributed by atoms with van der Waals surface area (Å²) in [5.74, 6) is 0.279. The minimum atomic E-state index is -0.242. The van der Waals surface area contributed by atoms with E-state index >= 15 is 0 Å².